The van der Waals surface area contributed by atoms with Gasteiger partial charge >= 0.3 is 0 Å². The van der Waals surface area contributed by atoms with Gasteiger partial charge in [0.25, 0.3) is 0 Å². The van der Waals surface area contributed by atoms with E-state index in [0.29, 0.717) is 0 Å². The van der Waals surface area contributed by atoms with Crippen molar-refractivity contribution in [2.45, 2.75) is 25.5 Å². The van der Waals surface area contributed by atoms with E-state index in [1.807, 2.05) is 6.08 Å². The fraction of sp³-hybridized carbons (Fsp3) is 0.800. The number of likely N-dealkylation sites (N-methyl/N-ethyl adjacent to an activating group) is 1. The fourth-order valence-electron chi connectivity index (χ4n) is 1.77. The molecule has 82 valence electrons. The Morgan fingerprint density at radius 1 is 1.79 bits per heavy atom. The normalized spacial score (nSPS) is 26.0. The Morgan fingerprint density at radius 3 is 3.14 bits per heavy atom. The van der Waals surface area contributed by atoms with Gasteiger partial charge in [-0.1, -0.05) is 13.0 Å². The van der Waals surface area contributed by atoms with Crippen LogP contribution in [-0.2, 0) is 4.74 Å². The van der Waals surface area contributed by atoms with E-state index >= 15 is 0 Å². The number of nitrogens with one attached hydrogen (secondary N) is 1. The Hall–Kier alpha value is -0.420. The lowest BCUT2D eigenvalue weighted by Crippen LogP contribution is -2.53. The number of ether oxygens (including phenoxy) is 1. The van der Waals surface area contributed by atoms with E-state index in [0.717, 1.165) is 32.7 Å². The number of hydrogen-bond acceptors (Lipinski definition) is 4. The van der Waals surface area contributed by atoms with Crippen LogP contribution in [0.25, 0.3) is 0 Å². The number of hydrazine groups is 1. The molecule has 1 aliphatic heterocycles. The molecule has 0 saturated carbocycles. The predicted octanol–water partition coefficient (Wildman–Crippen LogP) is 0.115. The maximum atomic E-state index is 5.68. The first-order valence-electron chi connectivity index (χ1n) is 5.22. The summed E-state index contributed by atoms with van der Waals surface area (Å²) in [5.74, 6) is 5.48. The molecule has 3 N–H and O–H groups in total. The second kappa shape index (κ2) is 6.14. The zero-order valence-electron chi connectivity index (χ0n) is 8.91. The lowest BCUT2D eigenvalue weighted by molar-refractivity contribution is -0.0443. The number of nitrogens with two attached hydrogens (primary N) is 1. The minimum absolute atomic E-state index is 0.182. The van der Waals surface area contributed by atoms with Crippen LogP contribution in [0.5, 0.6) is 0 Å². The van der Waals surface area contributed by atoms with Crippen molar-refractivity contribution in [1.82, 2.24) is 10.3 Å². The standard InChI is InChI=1S/C10H21N3O/c1-3-5-9(12-11)10-8-13(4-2)6-7-14-10/h3,9-10,12H,1,4-8,11H2,2H3. The fourth-order valence-corrected chi connectivity index (χ4v) is 1.77. The third-order valence-corrected chi connectivity index (χ3v) is 2.71. The van der Waals surface area contributed by atoms with Crippen molar-refractivity contribution >= 4 is 0 Å². The van der Waals surface area contributed by atoms with E-state index in [4.69, 9.17) is 10.6 Å². The molecular formula is C10H21N3O. The van der Waals surface area contributed by atoms with E-state index in [1.165, 1.54) is 0 Å². The van der Waals surface area contributed by atoms with Gasteiger partial charge in [0.1, 0.15) is 0 Å². The quantitative estimate of drug-likeness (QED) is 0.375. The molecule has 1 heterocycles. The number of rotatable bonds is 5. The highest BCUT2D eigenvalue weighted by Gasteiger charge is 2.25. The van der Waals surface area contributed by atoms with Crippen molar-refractivity contribution in [3.63, 3.8) is 0 Å². The van der Waals surface area contributed by atoms with E-state index in [-0.39, 0.29) is 12.1 Å². The first-order valence-corrected chi connectivity index (χ1v) is 5.22. The molecule has 1 fully saturated rings. The Labute approximate surface area is 86.1 Å². The lowest BCUT2D eigenvalue weighted by Gasteiger charge is -2.35. The molecule has 0 aliphatic carbocycles. The van der Waals surface area contributed by atoms with Crippen LogP contribution in [0.15, 0.2) is 12.7 Å². The summed E-state index contributed by atoms with van der Waals surface area (Å²) in [7, 11) is 0. The summed E-state index contributed by atoms with van der Waals surface area (Å²) in [6.07, 6.45) is 2.91. The average Bonchev–Trinajstić information content (AvgIpc) is 2.26. The topological polar surface area (TPSA) is 50.5 Å². The van der Waals surface area contributed by atoms with Gasteiger partial charge in [-0.25, -0.2) is 0 Å². The highest BCUT2D eigenvalue weighted by atomic mass is 16.5. The Balaban J connectivity index is 2.43. The molecule has 4 heteroatoms. The molecule has 2 atom stereocenters. The lowest BCUT2D eigenvalue weighted by atomic mass is 10.1. The third kappa shape index (κ3) is 3.06. The van der Waals surface area contributed by atoms with Crippen molar-refractivity contribution in [3.8, 4) is 0 Å². The van der Waals surface area contributed by atoms with Crippen LogP contribution in [0.1, 0.15) is 13.3 Å². The number of nitrogens with zero attached hydrogens (tertiary/aromatic N) is 1. The molecule has 0 aromatic rings. The minimum atomic E-state index is 0.182. The molecule has 0 bridgehead atoms. The van der Waals surface area contributed by atoms with Crippen molar-refractivity contribution in [3.05, 3.63) is 12.7 Å². The van der Waals surface area contributed by atoms with E-state index in [9.17, 15) is 0 Å². The van der Waals surface area contributed by atoms with E-state index in [1.54, 1.807) is 0 Å². The molecule has 0 spiro atoms. The van der Waals surface area contributed by atoms with Crippen LogP contribution in [0.4, 0.5) is 0 Å². The zero-order chi connectivity index (χ0) is 10.4. The Bertz CT molecular complexity index is 175. The van der Waals surface area contributed by atoms with Gasteiger partial charge in [0, 0.05) is 13.1 Å². The van der Waals surface area contributed by atoms with Gasteiger partial charge in [0.05, 0.1) is 18.8 Å². The maximum Gasteiger partial charge on any atom is 0.0871 e. The van der Waals surface area contributed by atoms with Crippen molar-refractivity contribution < 1.29 is 4.74 Å². The Morgan fingerprint density at radius 2 is 2.57 bits per heavy atom. The van der Waals surface area contributed by atoms with Crippen LogP contribution in [0.3, 0.4) is 0 Å². The SMILES string of the molecule is C=CCC(NN)C1CN(CC)CCO1. The smallest absolute Gasteiger partial charge is 0.0871 e. The van der Waals surface area contributed by atoms with Gasteiger partial charge in [-0.05, 0) is 13.0 Å². The molecule has 14 heavy (non-hydrogen) atoms. The van der Waals surface area contributed by atoms with E-state index < -0.39 is 0 Å². The van der Waals surface area contributed by atoms with Crippen LogP contribution in [0, 0.1) is 0 Å². The first-order chi connectivity index (χ1) is 6.81. The number of morpholine rings is 1. The largest absolute Gasteiger partial charge is 0.374 e. The molecule has 1 rings (SSSR count). The highest BCUT2D eigenvalue weighted by Crippen LogP contribution is 2.10. The third-order valence-electron chi connectivity index (χ3n) is 2.71. The second-order valence-corrected chi connectivity index (χ2v) is 3.60. The van der Waals surface area contributed by atoms with Crippen molar-refractivity contribution in [2.24, 2.45) is 5.84 Å². The summed E-state index contributed by atoms with van der Waals surface area (Å²) >= 11 is 0. The van der Waals surface area contributed by atoms with Crippen LogP contribution in [0.2, 0.25) is 0 Å². The maximum absolute atomic E-state index is 5.68. The van der Waals surface area contributed by atoms with Gasteiger partial charge < -0.3 is 4.74 Å². The molecular weight excluding hydrogens is 178 g/mol. The Kier molecular flexibility index (Phi) is 5.11. The summed E-state index contributed by atoms with van der Waals surface area (Å²) < 4.78 is 5.68. The van der Waals surface area contributed by atoms with Gasteiger partial charge in [-0.15, -0.1) is 6.58 Å². The van der Waals surface area contributed by atoms with Gasteiger partial charge in [0.15, 0.2) is 0 Å². The minimum Gasteiger partial charge on any atom is -0.374 e. The van der Waals surface area contributed by atoms with Crippen LogP contribution >= 0.6 is 0 Å². The molecule has 2 unspecified atom stereocenters. The monoisotopic (exact) mass is 199 g/mol. The predicted molar refractivity (Wildman–Crippen MR) is 57.8 cm³/mol. The first kappa shape index (κ1) is 11.7. The molecule has 0 radical (unpaired) electrons. The van der Waals surface area contributed by atoms with Gasteiger partial charge in [0.2, 0.25) is 0 Å². The van der Waals surface area contributed by atoms with Crippen LogP contribution in [-0.4, -0.2) is 43.3 Å². The van der Waals surface area contributed by atoms with Crippen molar-refractivity contribution in [2.75, 3.05) is 26.2 Å². The number of hydrogen-bond donors (Lipinski definition) is 2. The zero-order valence-corrected chi connectivity index (χ0v) is 8.91. The summed E-state index contributed by atoms with van der Waals surface area (Å²) in [5.41, 5.74) is 2.79. The average molecular weight is 199 g/mol. The molecule has 0 aromatic heterocycles. The summed E-state index contributed by atoms with van der Waals surface area (Å²) in [6, 6.07) is 0.182. The summed E-state index contributed by atoms with van der Waals surface area (Å²) in [5, 5.41) is 0. The molecule has 4 nitrogen and oxygen atoms in total. The second-order valence-electron chi connectivity index (χ2n) is 3.60. The van der Waals surface area contributed by atoms with Crippen molar-refractivity contribution in [1.29, 1.82) is 0 Å². The van der Waals surface area contributed by atoms with E-state index in [2.05, 4.69) is 23.8 Å². The molecule has 1 saturated heterocycles. The van der Waals surface area contributed by atoms with Crippen LogP contribution < -0.4 is 11.3 Å². The summed E-state index contributed by atoms with van der Waals surface area (Å²) in [6.45, 7) is 9.74. The molecule has 0 amide bonds. The molecule has 0 aromatic carbocycles. The highest BCUT2D eigenvalue weighted by molar-refractivity contribution is 4.86. The summed E-state index contributed by atoms with van der Waals surface area (Å²) in [4.78, 5) is 2.38. The van der Waals surface area contributed by atoms with Gasteiger partial charge in [-0.2, -0.15) is 0 Å². The van der Waals surface area contributed by atoms with Gasteiger partial charge in [-0.3, -0.25) is 16.2 Å². The molecule has 1 aliphatic rings.